The molecule has 5 rings (SSSR count). The second kappa shape index (κ2) is 8.79. The molecule has 0 atom stereocenters. The smallest absolute Gasteiger partial charge is 0.149 e. The number of hydrogen-bond acceptors (Lipinski definition) is 8. The number of anilines is 2. The van der Waals surface area contributed by atoms with Crippen LogP contribution in [0.2, 0.25) is 0 Å². The predicted octanol–water partition coefficient (Wildman–Crippen LogP) is 3.06. The normalized spacial score (nSPS) is 22.1. The van der Waals surface area contributed by atoms with Crippen LogP contribution in [0.1, 0.15) is 25.7 Å². The molecule has 0 unspecified atom stereocenters. The molecule has 2 aromatic heterocycles. The number of morpholine rings is 1. The van der Waals surface area contributed by atoms with Gasteiger partial charge in [-0.2, -0.15) is 0 Å². The van der Waals surface area contributed by atoms with Gasteiger partial charge in [-0.25, -0.2) is 15.0 Å². The minimum Gasteiger partial charge on any atom is -0.488 e. The molecular formula is C22H26N6O2. The molecule has 1 saturated carbocycles. The molecule has 8 nitrogen and oxygen atoms in total. The zero-order valence-corrected chi connectivity index (χ0v) is 16.9. The molecule has 1 aliphatic carbocycles. The summed E-state index contributed by atoms with van der Waals surface area (Å²) in [4.78, 5) is 19.5. The van der Waals surface area contributed by atoms with Crippen molar-refractivity contribution >= 4 is 22.4 Å². The molecule has 3 aromatic rings. The van der Waals surface area contributed by atoms with E-state index < -0.39 is 0 Å². The van der Waals surface area contributed by atoms with Gasteiger partial charge in [0.2, 0.25) is 0 Å². The van der Waals surface area contributed by atoms with Crippen LogP contribution in [0, 0.1) is 0 Å². The van der Waals surface area contributed by atoms with E-state index >= 15 is 0 Å². The minimum atomic E-state index is 0.181. The van der Waals surface area contributed by atoms with Crippen LogP contribution in [0.3, 0.4) is 0 Å². The van der Waals surface area contributed by atoms with Gasteiger partial charge in [0.25, 0.3) is 0 Å². The highest BCUT2D eigenvalue weighted by molar-refractivity contribution is 5.85. The number of fused-ring (bicyclic) bond motifs is 1. The van der Waals surface area contributed by atoms with Crippen molar-refractivity contribution in [3.05, 3.63) is 43.2 Å². The fourth-order valence-electron chi connectivity index (χ4n) is 4.24. The van der Waals surface area contributed by atoms with E-state index in [1.807, 2.05) is 12.4 Å². The maximum atomic E-state index is 6.49. The molecular weight excluding hydrogens is 380 g/mol. The average molecular weight is 406 g/mol. The molecule has 0 spiro atoms. The average Bonchev–Trinajstić information content (AvgIpc) is 2.81. The van der Waals surface area contributed by atoms with E-state index in [1.165, 1.54) is 0 Å². The SMILES string of the molecule is c1ncc(N[C@H]2CC[C@@H](Oc3cc(N4CCOCC4)cc4nccnc34)CC2)cn1. The lowest BCUT2D eigenvalue weighted by molar-refractivity contribution is 0.122. The van der Waals surface area contributed by atoms with Gasteiger partial charge in [0.1, 0.15) is 17.6 Å². The molecule has 0 radical (unpaired) electrons. The second-order valence-electron chi connectivity index (χ2n) is 7.83. The summed E-state index contributed by atoms with van der Waals surface area (Å²) in [6.45, 7) is 3.26. The minimum absolute atomic E-state index is 0.181. The molecule has 1 aromatic carbocycles. The monoisotopic (exact) mass is 406 g/mol. The molecule has 2 fully saturated rings. The van der Waals surface area contributed by atoms with E-state index in [4.69, 9.17) is 9.47 Å². The van der Waals surface area contributed by atoms with Gasteiger partial charge >= 0.3 is 0 Å². The molecule has 0 bridgehead atoms. The van der Waals surface area contributed by atoms with E-state index in [1.54, 1.807) is 18.7 Å². The van der Waals surface area contributed by atoms with Crippen LogP contribution in [0.15, 0.2) is 43.2 Å². The van der Waals surface area contributed by atoms with Crippen molar-refractivity contribution < 1.29 is 9.47 Å². The number of nitrogens with one attached hydrogen (secondary N) is 1. The number of ether oxygens (including phenoxy) is 2. The summed E-state index contributed by atoms with van der Waals surface area (Å²) in [6, 6.07) is 4.64. The van der Waals surface area contributed by atoms with Gasteiger partial charge in [0.15, 0.2) is 0 Å². The van der Waals surface area contributed by atoms with Gasteiger partial charge < -0.3 is 19.7 Å². The summed E-state index contributed by atoms with van der Waals surface area (Å²) in [5, 5.41) is 3.53. The third kappa shape index (κ3) is 4.28. The van der Waals surface area contributed by atoms with Crippen molar-refractivity contribution in [2.24, 2.45) is 0 Å². The van der Waals surface area contributed by atoms with Crippen LogP contribution in [0.4, 0.5) is 11.4 Å². The van der Waals surface area contributed by atoms with Crippen LogP contribution in [-0.2, 0) is 4.74 Å². The fourth-order valence-corrected chi connectivity index (χ4v) is 4.24. The largest absolute Gasteiger partial charge is 0.488 e. The Balaban J connectivity index is 1.29. The molecule has 30 heavy (non-hydrogen) atoms. The Labute approximate surface area is 175 Å². The molecule has 1 aliphatic heterocycles. The summed E-state index contributed by atoms with van der Waals surface area (Å²) in [7, 11) is 0. The maximum Gasteiger partial charge on any atom is 0.149 e. The van der Waals surface area contributed by atoms with Crippen molar-refractivity contribution in [2.75, 3.05) is 36.5 Å². The summed E-state index contributed by atoms with van der Waals surface area (Å²) in [6.07, 6.45) is 12.9. The lowest BCUT2D eigenvalue weighted by atomic mass is 9.93. The van der Waals surface area contributed by atoms with Gasteiger partial charge in [0, 0.05) is 43.3 Å². The Hall–Kier alpha value is -3.00. The van der Waals surface area contributed by atoms with Gasteiger partial charge in [-0.05, 0) is 31.7 Å². The van der Waals surface area contributed by atoms with Gasteiger partial charge in [-0.3, -0.25) is 4.98 Å². The Bertz CT molecular complexity index is 972. The van der Waals surface area contributed by atoms with Crippen molar-refractivity contribution in [1.29, 1.82) is 0 Å². The maximum absolute atomic E-state index is 6.49. The highest BCUT2D eigenvalue weighted by Crippen LogP contribution is 2.33. The standard InChI is InChI=1S/C22H26N6O2/c1-3-19(4-2-16(1)27-17-13-23-15-24-14-17)30-21-12-18(28-7-9-29-10-8-28)11-20-22(21)26-6-5-25-20/h5-6,11-16,19,27H,1-4,7-10H2/t16-,19+. The summed E-state index contributed by atoms with van der Waals surface area (Å²) in [5.74, 6) is 0.829. The quantitative estimate of drug-likeness (QED) is 0.692. The molecule has 8 heteroatoms. The first-order valence-corrected chi connectivity index (χ1v) is 10.6. The first-order valence-electron chi connectivity index (χ1n) is 10.6. The molecule has 0 amide bonds. The van der Waals surface area contributed by atoms with Gasteiger partial charge in [-0.1, -0.05) is 0 Å². The Morgan fingerprint density at radius 2 is 1.73 bits per heavy atom. The van der Waals surface area contributed by atoms with E-state index in [-0.39, 0.29) is 6.10 Å². The van der Waals surface area contributed by atoms with Crippen molar-refractivity contribution in [3.63, 3.8) is 0 Å². The molecule has 3 heterocycles. The number of aromatic nitrogens is 4. The van der Waals surface area contributed by atoms with Crippen molar-refractivity contribution in [3.8, 4) is 5.75 Å². The Kier molecular flexibility index (Phi) is 5.56. The fraction of sp³-hybridized carbons (Fsp3) is 0.455. The van der Waals surface area contributed by atoms with Gasteiger partial charge in [0.05, 0.1) is 42.9 Å². The number of rotatable bonds is 5. The third-order valence-electron chi connectivity index (χ3n) is 5.80. The molecule has 2 aliphatic rings. The van der Waals surface area contributed by atoms with Crippen molar-refractivity contribution in [2.45, 2.75) is 37.8 Å². The zero-order valence-electron chi connectivity index (χ0n) is 16.9. The lowest BCUT2D eigenvalue weighted by Crippen LogP contribution is -2.36. The van der Waals surface area contributed by atoms with Crippen LogP contribution >= 0.6 is 0 Å². The highest BCUT2D eigenvalue weighted by atomic mass is 16.5. The summed E-state index contributed by atoms with van der Waals surface area (Å²) >= 11 is 0. The highest BCUT2D eigenvalue weighted by Gasteiger charge is 2.24. The van der Waals surface area contributed by atoms with E-state index in [0.717, 1.165) is 80.1 Å². The summed E-state index contributed by atoms with van der Waals surface area (Å²) < 4.78 is 12.0. The zero-order chi connectivity index (χ0) is 20.2. The van der Waals surface area contributed by atoms with E-state index in [2.05, 4.69) is 42.3 Å². The molecule has 156 valence electrons. The first-order chi connectivity index (χ1) is 14.8. The Morgan fingerprint density at radius 1 is 0.967 bits per heavy atom. The summed E-state index contributed by atoms with van der Waals surface area (Å²) in [5.41, 5.74) is 3.80. The van der Waals surface area contributed by atoms with Crippen LogP contribution in [0.5, 0.6) is 5.75 Å². The number of nitrogens with zero attached hydrogens (tertiary/aromatic N) is 5. The Morgan fingerprint density at radius 3 is 2.53 bits per heavy atom. The molecule has 1 saturated heterocycles. The molecule has 1 N–H and O–H groups in total. The second-order valence-corrected chi connectivity index (χ2v) is 7.83. The van der Waals surface area contributed by atoms with Gasteiger partial charge in [-0.15, -0.1) is 0 Å². The van der Waals surface area contributed by atoms with Crippen LogP contribution in [-0.4, -0.2) is 58.4 Å². The topological polar surface area (TPSA) is 85.3 Å². The van der Waals surface area contributed by atoms with E-state index in [0.29, 0.717) is 6.04 Å². The first kappa shape index (κ1) is 19.0. The van der Waals surface area contributed by atoms with Crippen molar-refractivity contribution in [1.82, 2.24) is 19.9 Å². The lowest BCUT2D eigenvalue weighted by Gasteiger charge is -2.31. The van der Waals surface area contributed by atoms with Crippen LogP contribution < -0.4 is 15.0 Å². The third-order valence-corrected chi connectivity index (χ3v) is 5.80. The van der Waals surface area contributed by atoms with Crippen LogP contribution in [0.25, 0.3) is 11.0 Å². The number of hydrogen-bond donors (Lipinski definition) is 1. The van der Waals surface area contributed by atoms with E-state index in [9.17, 15) is 0 Å². The number of benzene rings is 1. The predicted molar refractivity (Wildman–Crippen MR) is 115 cm³/mol.